The summed E-state index contributed by atoms with van der Waals surface area (Å²) in [5.74, 6) is -7.39. The highest BCUT2D eigenvalue weighted by atomic mass is 31.2. The molecule has 71 heavy (non-hydrogen) atoms. The summed E-state index contributed by atoms with van der Waals surface area (Å²) in [7, 11) is -5.20. The fraction of sp³-hybridized carbons (Fsp3) is 0.490. The van der Waals surface area contributed by atoms with Crippen LogP contribution in [0.4, 0.5) is 0 Å². The molecule has 2 bridgehead atoms. The summed E-state index contributed by atoms with van der Waals surface area (Å²) in [5, 5.41) is 28.8. The fourth-order valence-electron chi connectivity index (χ4n) is 10.9. The number of ketones is 1. The van der Waals surface area contributed by atoms with Crippen molar-refractivity contribution in [3.63, 3.8) is 0 Å². The first-order chi connectivity index (χ1) is 33.5. The molecule has 0 aromatic heterocycles. The summed E-state index contributed by atoms with van der Waals surface area (Å²) in [6.07, 6.45) is -10.6. The monoisotopic (exact) mass is 1000 g/mol. The lowest BCUT2D eigenvalue weighted by molar-refractivity contribution is -0.346. The van der Waals surface area contributed by atoms with E-state index in [-0.39, 0.29) is 60.4 Å². The Balaban J connectivity index is 1.42. The van der Waals surface area contributed by atoms with Gasteiger partial charge in [0.15, 0.2) is 23.6 Å². The highest BCUT2D eigenvalue weighted by Gasteiger charge is 2.78. The molecule has 2 unspecified atom stereocenters. The normalized spacial score (nSPS) is 30.3. The number of phosphoric acid groups is 1. The molecule has 20 heteroatoms. The third-order valence-corrected chi connectivity index (χ3v) is 15.6. The minimum absolute atomic E-state index is 0.0231. The molecule has 0 radical (unpaired) electrons. The number of Topliss-reactive ketones (excluding diaryl/α,β-unsaturated/α-hetero) is 1. The molecule has 12 atom stereocenters. The third kappa shape index (κ3) is 10.1. The van der Waals surface area contributed by atoms with E-state index in [0.29, 0.717) is 6.42 Å². The summed E-state index contributed by atoms with van der Waals surface area (Å²) in [6, 6.07) is 22.0. The van der Waals surface area contributed by atoms with Crippen LogP contribution in [0.3, 0.4) is 0 Å². The van der Waals surface area contributed by atoms with Crippen molar-refractivity contribution >= 4 is 43.4 Å². The SMILES string of the molecule is CC(=O)O[C@H]1C(=O)[C@@]2(C)C([C@H](OC(=O)c3ccccc3)[C@]3(O)C[C@H](OC(=O)[C@H](OP(=O)(O)OCCCCN)[C@@H](NC(=O)c4ccccc4)c4ccccc4)C(C)=C1C3(C)C)[C@]1(OC(C)=O)CO[C@@H]1C[C@@H]2O. The molecule has 1 amide bonds. The molecule has 2 saturated carbocycles. The van der Waals surface area contributed by atoms with E-state index < -0.39 is 120 Å². The molecule has 6 N–H and O–H groups in total. The molecule has 1 heterocycles. The van der Waals surface area contributed by atoms with Crippen LogP contribution in [0.25, 0.3) is 0 Å². The van der Waals surface area contributed by atoms with Gasteiger partial charge in [0, 0.05) is 37.7 Å². The second-order valence-corrected chi connectivity index (χ2v) is 20.6. The van der Waals surface area contributed by atoms with E-state index >= 15 is 9.59 Å². The van der Waals surface area contributed by atoms with Gasteiger partial charge in [-0.05, 0) is 74.2 Å². The van der Waals surface area contributed by atoms with E-state index in [1.807, 2.05) is 0 Å². The Morgan fingerprint density at radius 2 is 1.48 bits per heavy atom. The summed E-state index contributed by atoms with van der Waals surface area (Å²) in [4.78, 5) is 96.8. The van der Waals surface area contributed by atoms with Gasteiger partial charge < -0.3 is 49.8 Å². The Morgan fingerprint density at radius 1 is 0.873 bits per heavy atom. The highest BCUT2D eigenvalue weighted by molar-refractivity contribution is 7.47. The predicted molar refractivity (Wildman–Crippen MR) is 251 cm³/mol. The average molecular weight is 1010 g/mol. The molecule has 3 aromatic carbocycles. The van der Waals surface area contributed by atoms with Gasteiger partial charge >= 0.3 is 31.7 Å². The van der Waals surface area contributed by atoms with Gasteiger partial charge in [-0.3, -0.25) is 28.2 Å². The molecule has 3 aromatic rings. The number of phosphoric ester groups is 1. The Morgan fingerprint density at radius 3 is 2.04 bits per heavy atom. The highest BCUT2D eigenvalue weighted by Crippen LogP contribution is 2.64. The molecular formula is C51H61N2O17P. The van der Waals surface area contributed by atoms with Gasteiger partial charge in [0.2, 0.25) is 0 Å². The van der Waals surface area contributed by atoms with Crippen molar-refractivity contribution in [1.82, 2.24) is 5.32 Å². The van der Waals surface area contributed by atoms with Gasteiger partial charge in [0.25, 0.3) is 5.91 Å². The number of carbonyl (C=O) groups excluding carboxylic acids is 6. The maximum atomic E-state index is 15.7. The van der Waals surface area contributed by atoms with Gasteiger partial charge in [-0.25, -0.2) is 14.2 Å². The molecule has 19 nitrogen and oxygen atoms in total. The number of benzene rings is 3. The average Bonchev–Trinajstić information content (AvgIpc) is 3.33. The number of fused-ring (bicyclic) bond motifs is 5. The molecule has 3 aliphatic carbocycles. The Labute approximate surface area is 410 Å². The van der Waals surface area contributed by atoms with E-state index in [2.05, 4.69) is 5.32 Å². The number of ether oxygens (including phenoxy) is 5. The van der Waals surface area contributed by atoms with Gasteiger partial charge in [0.1, 0.15) is 23.9 Å². The number of esters is 4. The van der Waals surface area contributed by atoms with E-state index in [0.717, 1.165) is 13.8 Å². The standard InChI is InChI=1S/C51H61N2O17P/c1-29-35(67-47(60)41(70-71(62,63)65-25-17-16-24-52)39(32-18-10-7-11-19-32)53-45(58)33-20-12-8-13-21-33)27-51(61)44(68-46(59)34-22-14-9-15-23-34)42-49(6,36(56)26-37-50(42,28-64-37)69-31(3)55)43(57)40(66-30(2)54)38(29)48(51,4)5/h7-15,18-23,35-37,39-42,44,56,61H,16-17,24-28,52H2,1-6H3,(H,53,58)(H,62,63)/t35-,36-,37+,39-,40+,41+,42?,44-,49+,50-,51+/m0/s1. The number of aliphatic hydroxyl groups excluding tert-OH is 1. The number of amides is 1. The molecule has 7 rings (SSSR count). The molecular weight excluding hydrogens is 944 g/mol. The van der Waals surface area contributed by atoms with Crippen molar-refractivity contribution in [3.8, 4) is 0 Å². The van der Waals surface area contributed by atoms with Gasteiger partial charge in [-0.2, -0.15) is 0 Å². The number of hydrogen-bond acceptors (Lipinski definition) is 17. The van der Waals surface area contributed by atoms with Crippen LogP contribution in [0, 0.1) is 16.7 Å². The summed E-state index contributed by atoms with van der Waals surface area (Å²) >= 11 is 0. The third-order valence-electron chi connectivity index (χ3n) is 14.6. The zero-order valence-electron chi connectivity index (χ0n) is 40.3. The van der Waals surface area contributed by atoms with Crippen molar-refractivity contribution in [1.29, 1.82) is 0 Å². The Kier molecular flexibility index (Phi) is 15.6. The molecule has 0 spiro atoms. The summed E-state index contributed by atoms with van der Waals surface area (Å²) in [5.41, 5.74) is -2.24. The summed E-state index contributed by atoms with van der Waals surface area (Å²) in [6.45, 7) is 7.65. The lowest BCUT2D eigenvalue weighted by atomic mass is 9.44. The number of unbranched alkanes of at least 4 members (excludes halogenated alkanes) is 1. The second-order valence-electron chi connectivity index (χ2n) is 19.2. The lowest BCUT2D eigenvalue weighted by Crippen LogP contribution is -2.82. The maximum absolute atomic E-state index is 15.7. The number of hydrogen-bond donors (Lipinski definition) is 5. The van der Waals surface area contributed by atoms with Crippen molar-refractivity contribution in [2.75, 3.05) is 19.8 Å². The van der Waals surface area contributed by atoms with Crippen molar-refractivity contribution in [2.45, 2.75) is 121 Å². The van der Waals surface area contributed by atoms with Crippen LogP contribution < -0.4 is 11.1 Å². The van der Waals surface area contributed by atoms with Crippen LogP contribution in [-0.4, -0.2) is 118 Å². The maximum Gasteiger partial charge on any atom is 0.473 e. The van der Waals surface area contributed by atoms with Crippen molar-refractivity contribution < 1.29 is 81.2 Å². The smallest absolute Gasteiger partial charge is 0.456 e. The van der Waals surface area contributed by atoms with Gasteiger partial charge in [0.05, 0.1) is 42.3 Å². The van der Waals surface area contributed by atoms with Gasteiger partial charge in [-0.15, -0.1) is 0 Å². The molecule has 3 fully saturated rings. The minimum atomic E-state index is -5.20. The molecule has 4 aliphatic rings. The van der Waals surface area contributed by atoms with Crippen LogP contribution in [0.5, 0.6) is 0 Å². The first-order valence-corrected chi connectivity index (χ1v) is 24.9. The number of carbonyl (C=O) groups is 6. The zero-order chi connectivity index (χ0) is 51.7. The van der Waals surface area contributed by atoms with E-state index in [4.69, 9.17) is 38.5 Å². The second kappa shape index (κ2) is 20.8. The van der Waals surface area contributed by atoms with Crippen LogP contribution in [-0.2, 0) is 56.5 Å². The van der Waals surface area contributed by atoms with Crippen LogP contribution in [0.1, 0.15) is 99.5 Å². The number of aliphatic hydroxyl groups is 2. The van der Waals surface area contributed by atoms with Crippen LogP contribution in [0.2, 0.25) is 0 Å². The summed E-state index contributed by atoms with van der Waals surface area (Å²) < 4.78 is 55.5. The van der Waals surface area contributed by atoms with Crippen LogP contribution >= 0.6 is 7.82 Å². The first-order valence-electron chi connectivity index (χ1n) is 23.4. The van der Waals surface area contributed by atoms with E-state index in [1.54, 1.807) is 54.6 Å². The quantitative estimate of drug-likeness (QED) is 0.0406. The van der Waals surface area contributed by atoms with Crippen LogP contribution in [0.15, 0.2) is 102 Å². The van der Waals surface area contributed by atoms with Gasteiger partial charge in [-0.1, -0.05) is 80.6 Å². The first kappa shape index (κ1) is 53.2. The lowest BCUT2D eigenvalue weighted by Gasteiger charge is -2.67. The van der Waals surface area contributed by atoms with Crippen molar-refractivity contribution in [3.05, 3.63) is 119 Å². The van der Waals surface area contributed by atoms with Crippen molar-refractivity contribution in [2.24, 2.45) is 22.5 Å². The number of rotatable bonds is 17. The number of nitrogens with one attached hydrogen (secondary N) is 1. The Hall–Kier alpha value is -5.63. The number of nitrogens with two attached hydrogens (primary N) is 1. The van der Waals surface area contributed by atoms with E-state index in [9.17, 15) is 38.8 Å². The molecule has 1 saturated heterocycles. The largest absolute Gasteiger partial charge is 0.473 e. The topological polar surface area (TPSA) is 283 Å². The zero-order valence-corrected chi connectivity index (χ0v) is 41.2. The Bertz CT molecular complexity index is 2580. The minimum Gasteiger partial charge on any atom is -0.456 e. The molecule has 382 valence electrons. The molecule has 1 aliphatic heterocycles. The predicted octanol–water partition coefficient (Wildman–Crippen LogP) is 4.62. The fourth-order valence-corrected chi connectivity index (χ4v) is 11.8. The van der Waals surface area contributed by atoms with E-state index in [1.165, 1.54) is 64.1 Å².